The van der Waals surface area contributed by atoms with Crippen molar-refractivity contribution in [1.29, 1.82) is 0 Å². The Labute approximate surface area is 203 Å². The van der Waals surface area contributed by atoms with E-state index >= 15 is 0 Å². The highest BCUT2D eigenvalue weighted by Crippen LogP contribution is 2.44. The summed E-state index contributed by atoms with van der Waals surface area (Å²) in [7, 11) is 0. The predicted octanol–water partition coefficient (Wildman–Crippen LogP) is 6.73. The molecule has 0 bridgehead atoms. The summed E-state index contributed by atoms with van der Waals surface area (Å²) in [6.45, 7) is 8.03. The molecule has 0 fully saturated rings. The minimum atomic E-state index is -0.523. The van der Waals surface area contributed by atoms with E-state index in [1.54, 1.807) is 0 Å². The van der Waals surface area contributed by atoms with Gasteiger partial charge in [0.15, 0.2) is 0 Å². The summed E-state index contributed by atoms with van der Waals surface area (Å²) < 4.78 is 19.3. The Kier molecular flexibility index (Phi) is 8.04. The molecule has 34 heavy (non-hydrogen) atoms. The van der Waals surface area contributed by atoms with E-state index < -0.39 is 5.60 Å². The summed E-state index contributed by atoms with van der Waals surface area (Å²) >= 11 is 0. The first-order chi connectivity index (χ1) is 16.6. The monoisotopic (exact) mass is 457 g/mol. The third-order valence-corrected chi connectivity index (χ3v) is 6.13. The first-order valence-electron chi connectivity index (χ1n) is 12.1. The molecule has 0 amide bonds. The number of rotatable bonds is 10. The third-order valence-electron chi connectivity index (χ3n) is 6.13. The molecule has 178 valence electrons. The lowest BCUT2D eigenvalue weighted by molar-refractivity contribution is -0.157. The largest absolute Gasteiger partial charge is 0.485 e. The van der Waals surface area contributed by atoms with Gasteiger partial charge in [0.1, 0.15) is 23.6 Å². The van der Waals surface area contributed by atoms with Crippen LogP contribution in [0, 0.1) is 0 Å². The highest BCUT2D eigenvalue weighted by molar-refractivity contribution is 5.54. The Bertz CT molecular complexity index is 1060. The number of hydrogen-bond acceptors (Lipinski definition) is 4. The van der Waals surface area contributed by atoms with Crippen LogP contribution in [0.3, 0.4) is 0 Å². The quantitative estimate of drug-likeness (QED) is 0.343. The molecule has 0 radical (unpaired) electrons. The molecule has 3 aromatic carbocycles. The Hall–Kier alpha value is -3.08. The SMILES string of the molecule is CC=CCOC1C(OCCc2ccccc2)c2cc(NCc3ccccc3)ccc2OC1(C)C. The Morgan fingerprint density at radius 3 is 2.32 bits per heavy atom. The van der Waals surface area contributed by atoms with Crippen LogP contribution in [0.1, 0.15) is 43.6 Å². The number of anilines is 1. The summed E-state index contributed by atoms with van der Waals surface area (Å²) in [5.41, 5.74) is 4.04. The zero-order valence-electron chi connectivity index (χ0n) is 20.4. The molecule has 4 heteroatoms. The van der Waals surface area contributed by atoms with Crippen molar-refractivity contribution in [3.8, 4) is 5.75 Å². The average Bonchev–Trinajstić information content (AvgIpc) is 2.85. The van der Waals surface area contributed by atoms with Crippen molar-refractivity contribution in [2.75, 3.05) is 18.5 Å². The fourth-order valence-corrected chi connectivity index (χ4v) is 4.31. The van der Waals surface area contributed by atoms with Crippen LogP contribution < -0.4 is 10.1 Å². The summed E-state index contributed by atoms with van der Waals surface area (Å²) in [6, 6.07) is 27.1. The molecule has 1 heterocycles. The molecule has 4 rings (SSSR count). The number of hydrogen-bond donors (Lipinski definition) is 1. The third kappa shape index (κ3) is 6.07. The van der Waals surface area contributed by atoms with Crippen molar-refractivity contribution < 1.29 is 14.2 Å². The van der Waals surface area contributed by atoms with E-state index in [1.165, 1.54) is 11.1 Å². The molecule has 1 aliphatic heterocycles. The van der Waals surface area contributed by atoms with Crippen molar-refractivity contribution in [3.63, 3.8) is 0 Å². The maximum atomic E-state index is 6.55. The summed E-state index contributed by atoms with van der Waals surface area (Å²) in [4.78, 5) is 0. The van der Waals surface area contributed by atoms with E-state index in [4.69, 9.17) is 14.2 Å². The lowest BCUT2D eigenvalue weighted by Gasteiger charge is -2.44. The number of fused-ring (bicyclic) bond motifs is 1. The molecule has 0 saturated carbocycles. The Balaban J connectivity index is 1.56. The lowest BCUT2D eigenvalue weighted by atomic mass is 9.87. The average molecular weight is 458 g/mol. The van der Waals surface area contributed by atoms with Gasteiger partial charge in [-0.3, -0.25) is 0 Å². The molecule has 3 aromatic rings. The van der Waals surface area contributed by atoms with Crippen LogP contribution in [0.5, 0.6) is 5.75 Å². The van der Waals surface area contributed by atoms with Crippen molar-refractivity contribution in [3.05, 3.63) is 108 Å². The van der Waals surface area contributed by atoms with Gasteiger partial charge in [-0.25, -0.2) is 0 Å². The van der Waals surface area contributed by atoms with E-state index in [-0.39, 0.29) is 12.2 Å². The van der Waals surface area contributed by atoms with Gasteiger partial charge in [-0.15, -0.1) is 0 Å². The van der Waals surface area contributed by atoms with E-state index in [1.807, 2.05) is 37.3 Å². The first-order valence-corrected chi connectivity index (χ1v) is 12.1. The fourth-order valence-electron chi connectivity index (χ4n) is 4.31. The summed E-state index contributed by atoms with van der Waals surface area (Å²) in [5, 5.41) is 3.54. The van der Waals surface area contributed by atoms with Crippen LogP contribution in [0.4, 0.5) is 5.69 Å². The highest BCUT2D eigenvalue weighted by Gasteiger charge is 2.45. The fraction of sp³-hybridized carbons (Fsp3) is 0.333. The van der Waals surface area contributed by atoms with Gasteiger partial charge in [-0.2, -0.15) is 0 Å². The number of allylic oxidation sites excluding steroid dienone is 1. The van der Waals surface area contributed by atoms with E-state index in [9.17, 15) is 0 Å². The summed E-state index contributed by atoms with van der Waals surface area (Å²) in [5.74, 6) is 0.853. The second-order valence-electron chi connectivity index (χ2n) is 9.15. The normalized spacial score (nSPS) is 18.9. The van der Waals surface area contributed by atoms with Crippen molar-refractivity contribution >= 4 is 5.69 Å². The molecule has 0 aromatic heterocycles. The molecule has 0 spiro atoms. The minimum absolute atomic E-state index is 0.230. The molecule has 0 aliphatic carbocycles. The molecule has 2 unspecified atom stereocenters. The van der Waals surface area contributed by atoms with Gasteiger partial charge in [0.2, 0.25) is 0 Å². The van der Waals surface area contributed by atoms with Crippen molar-refractivity contribution in [2.45, 2.75) is 51.5 Å². The lowest BCUT2D eigenvalue weighted by Crippen LogP contribution is -2.51. The maximum Gasteiger partial charge on any atom is 0.132 e. The Morgan fingerprint density at radius 1 is 0.912 bits per heavy atom. The smallest absolute Gasteiger partial charge is 0.132 e. The number of ether oxygens (including phenoxy) is 3. The van der Waals surface area contributed by atoms with Gasteiger partial charge in [-0.1, -0.05) is 72.8 Å². The zero-order chi connectivity index (χ0) is 23.8. The van der Waals surface area contributed by atoms with Crippen LogP contribution in [0.25, 0.3) is 0 Å². The predicted molar refractivity (Wildman–Crippen MR) is 138 cm³/mol. The van der Waals surface area contributed by atoms with Crippen LogP contribution in [0.2, 0.25) is 0 Å². The number of nitrogens with one attached hydrogen (secondary N) is 1. The van der Waals surface area contributed by atoms with E-state index in [2.05, 4.69) is 79.8 Å². The molecule has 1 N–H and O–H groups in total. The van der Waals surface area contributed by atoms with Gasteiger partial charge in [0, 0.05) is 17.8 Å². The van der Waals surface area contributed by atoms with E-state index in [0.29, 0.717) is 13.2 Å². The molecule has 1 aliphatic rings. The van der Waals surface area contributed by atoms with Crippen LogP contribution in [-0.2, 0) is 22.4 Å². The molecule has 0 saturated heterocycles. The summed E-state index contributed by atoms with van der Waals surface area (Å²) in [6.07, 6.45) is 4.40. The van der Waals surface area contributed by atoms with Gasteiger partial charge >= 0.3 is 0 Å². The highest BCUT2D eigenvalue weighted by atomic mass is 16.6. The van der Waals surface area contributed by atoms with Crippen LogP contribution in [0.15, 0.2) is 91.0 Å². The van der Waals surface area contributed by atoms with Crippen LogP contribution >= 0.6 is 0 Å². The van der Waals surface area contributed by atoms with Crippen LogP contribution in [-0.4, -0.2) is 24.9 Å². The van der Waals surface area contributed by atoms with Gasteiger partial charge < -0.3 is 19.5 Å². The van der Waals surface area contributed by atoms with Gasteiger partial charge in [-0.05, 0) is 56.5 Å². The molecule has 2 atom stereocenters. The first kappa shape index (κ1) is 24.1. The maximum absolute atomic E-state index is 6.55. The number of benzene rings is 3. The molecular formula is C30H35NO3. The standard InChI is InChI=1S/C30H35NO3/c1-4-5-19-33-29-28(32-20-18-23-12-8-6-9-13-23)26-21-25(16-17-27(26)34-30(29,2)3)31-22-24-14-10-7-11-15-24/h4-17,21,28-29,31H,18-20,22H2,1-3H3. The molecule has 4 nitrogen and oxygen atoms in total. The Morgan fingerprint density at radius 2 is 1.62 bits per heavy atom. The van der Waals surface area contributed by atoms with E-state index in [0.717, 1.165) is 30.0 Å². The van der Waals surface area contributed by atoms with Crippen molar-refractivity contribution in [2.24, 2.45) is 0 Å². The topological polar surface area (TPSA) is 39.7 Å². The van der Waals surface area contributed by atoms with Crippen molar-refractivity contribution in [1.82, 2.24) is 0 Å². The minimum Gasteiger partial charge on any atom is -0.485 e. The second-order valence-corrected chi connectivity index (χ2v) is 9.15. The second kappa shape index (κ2) is 11.4. The molecular weight excluding hydrogens is 422 g/mol. The van der Waals surface area contributed by atoms with Gasteiger partial charge in [0.25, 0.3) is 0 Å². The van der Waals surface area contributed by atoms with Gasteiger partial charge in [0.05, 0.1) is 13.2 Å². The zero-order valence-corrected chi connectivity index (χ0v) is 20.4.